The van der Waals surface area contributed by atoms with E-state index in [4.69, 9.17) is 4.74 Å². The molecule has 1 heterocycles. The van der Waals surface area contributed by atoms with Crippen LogP contribution in [-0.2, 0) is 4.74 Å². The largest absolute Gasteiger partial charge is 0.432 e. The lowest BCUT2D eigenvalue weighted by Gasteiger charge is -2.24. The van der Waals surface area contributed by atoms with Crippen molar-refractivity contribution in [3.05, 3.63) is 71.8 Å². The van der Waals surface area contributed by atoms with E-state index >= 15 is 0 Å². The van der Waals surface area contributed by atoms with E-state index in [0.717, 1.165) is 0 Å². The van der Waals surface area contributed by atoms with Crippen LogP contribution in [0, 0.1) is 11.8 Å². The number of unbranched alkanes of at least 4 members (excludes halogenated alkanes) is 1. The molecular weight excluding hydrogens is 353 g/mol. The fourth-order valence-corrected chi connectivity index (χ4v) is 3.39. The molecule has 3 rings (SSSR count). The zero-order valence-electron chi connectivity index (χ0n) is 15.0. The number of aliphatic hydroxyl groups excluding tert-OH is 1. The third kappa shape index (κ3) is 3.47. The Morgan fingerprint density at radius 3 is 2.19 bits per heavy atom. The van der Waals surface area contributed by atoms with Crippen molar-refractivity contribution in [2.45, 2.75) is 49.7 Å². The maximum Gasteiger partial charge on any atom is 0.432 e. The second-order valence-electron chi connectivity index (χ2n) is 6.70. The van der Waals surface area contributed by atoms with Crippen molar-refractivity contribution in [3.63, 3.8) is 0 Å². The topological polar surface area (TPSA) is 32.8 Å². The van der Waals surface area contributed by atoms with Crippen molar-refractivity contribution in [1.29, 1.82) is 0 Å². The summed E-state index contributed by atoms with van der Waals surface area (Å²) in [6.45, 7) is 1.88. The molecule has 1 saturated heterocycles. The zero-order valence-corrected chi connectivity index (χ0v) is 15.0. The molecule has 1 aliphatic rings. The van der Waals surface area contributed by atoms with Gasteiger partial charge in [-0.3, -0.25) is 0 Å². The number of ether oxygens (including phenoxy) is 1. The Morgan fingerprint density at radius 1 is 1.04 bits per heavy atom. The molecule has 2 nitrogen and oxygen atoms in total. The monoisotopic (exact) mass is 374 g/mol. The third-order valence-corrected chi connectivity index (χ3v) is 4.90. The lowest BCUT2D eigenvalue weighted by Crippen LogP contribution is -2.42. The fraction of sp³-hybridized carbons (Fsp3) is 0.364. The Morgan fingerprint density at radius 2 is 1.63 bits per heavy atom. The van der Waals surface area contributed by atoms with Gasteiger partial charge >= 0.3 is 6.18 Å². The van der Waals surface area contributed by atoms with Crippen molar-refractivity contribution >= 4 is 0 Å². The van der Waals surface area contributed by atoms with Gasteiger partial charge in [0.1, 0.15) is 11.7 Å². The summed E-state index contributed by atoms with van der Waals surface area (Å²) >= 11 is 0. The summed E-state index contributed by atoms with van der Waals surface area (Å²) in [7, 11) is 0. The average molecular weight is 374 g/mol. The Kier molecular flexibility index (Phi) is 5.32. The Balaban J connectivity index is 2.04. The Bertz CT molecular complexity index is 823. The predicted octanol–water partition coefficient (Wildman–Crippen LogP) is 5.03. The minimum absolute atomic E-state index is 0.0720. The normalized spacial score (nSPS) is 25.4. The SMILES string of the molecule is CCCC[C@@]1(C(O)c2ccccc2)O[C@]1(C#Cc1ccccc1)C(F)(F)F. The van der Waals surface area contributed by atoms with E-state index in [-0.39, 0.29) is 6.42 Å². The van der Waals surface area contributed by atoms with E-state index in [2.05, 4.69) is 11.8 Å². The quantitative estimate of drug-likeness (QED) is 0.588. The first-order valence-electron chi connectivity index (χ1n) is 8.94. The number of epoxide rings is 1. The summed E-state index contributed by atoms with van der Waals surface area (Å²) in [4.78, 5) is 0. The van der Waals surface area contributed by atoms with Gasteiger partial charge in [0.15, 0.2) is 0 Å². The van der Waals surface area contributed by atoms with Gasteiger partial charge in [-0.1, -0.05) is 74.2 Å². The van der Waals surface area contributed by atoms with E-state index < -0.39 is 23.5 Å². The molecule has 0 spiro atoms. The second-order valence-corrected chi connectivity index (χ2v) is 6.70. The van der Waals surface area contributed by atoms with Crippen molar-refractivity contribution in [2.24, 2.45) is 0 Å². The van der Waals surface area contributed by atoms with Crippen LogP contribution in [0.25, 0.3) is 0 Å². The summed E-state index contributed by atoms with van der Waals surface area (Å²) < 4.78 is 47.5. The summed E-state index contributed by atoms with van der Waals surface area (Å²) in [5.41, 5.74) is -3.62. The van der Waals surface area contributed by atoms with Crippen LogP contribution >= 0.6 is 0 Å². The van der Waals surface area contributed by atoms with Crippen LogP contribution in [-0.4, -0.2) is 22.5 Å². The molecule has 0 saturated carbocycles. The van der Waals surface area contributed by atoms with E-state index in [1.54, 1.807) is 60.7 Å². The van der Waals surface area contributed by atoms with Crippen LogP contribution < -0.4 is 0 Å². The number of alkyl halides is 3. The van der Waals surface area contributed by atoms with Gasteiger partial charge in [-0.25, -0.2) is 0 Å². The zero-order chi connectivity index (χ0) is 19.5. The van der Waals surface area contributed by atoms with Gasteiger partial charge in [0, 0.05) is 5.56 Å². The Labute approximate surface area is 157 Å². The van der Waals surface area contributed by atoms with Crippen molar-refractivity contribution in [2.75, 3.05) is 0 Å². The van der Waals surface area contributed by atoms with Crippen LogP contribution in [0.15, 0.2) is 60.7 Å². The first-order valence-corrected chi connectivity index (χ1v) is 8.94. The molecule has 5 heteroatoms. The van der Waals surface area contributed by atoms with Gasteiger partial charge in [-0.05, 0) is 30.0 Å². The molecule has 0 aliphatic carbocycles. The highest BCUT2D eigenvalue weighted by Gasteiger charge is 2.84. The van der Waals surface area contributed by atoms with E-state index in [9.17, 15) is 18.3 Å². The number of rotatable bonds is 5. The maximum atomic E-state index is 14.1. The molecule has 142 valence electrons. The number of hydrogen-bond acceptors (Lipinski definition) is 2. The van der Waals surface area contributed by atoms with E-state index in [1.165, 1.54) is 0 Å². The first-order chi connectivity index (χ1) is 12.9. The molecule has 1 N–H and O–H groups in total. The lowest BCUT2D eigenvalue weighted by atomic mass is 9.80. The Hall–Kier alpha value is -2.29. The third-order valence-electron chi connectivity index (χ3n) is 4.90. The van der Waals surface area contributed by atoms with Crippen molar-refractivity contribution in [3.8, 4) is 11.8 Å². The molecule has 2 aromatic rings. The summed E-state index contributed by atoms with van der Waals surface area (Å²) in [5.74, 6) is 4.91. The maximum absolute atomic E-state index is 14.1. The van der Waals surface area contributed by atoms with Crippen molar-refractivity contribution < 1.29 is 23.0 Å². The van der Waals surface area contributed by atoms with Crippen molar-refractivity contribution in [1.82, 2.24) is 0 Å². The standard InChI is InChI=1S/C22H21F3O2/c1-2-3-15-20(19(26)18-12-8-5-9-13-18)21(27-20,22(23,24)25)16-14-17-10-6-4-7-11-17/h4-13,19,26H,2-3,15H2,1H3/t19?,20-,21-/m0/s1. The molecule has 0 bridgehead atoms. The molecule has 0 radical (unpaired) electrons. The molecule has 1 fully saturated rings. The van der Waals surface area contributed by atoms with Gasteiger partial charge in [-0.2, -0.15) is 13.2 Å². The molecule has 0 aromatic heterocycles. The molecule has 27 heavy (non-hydrogen) atoms. The molecule has 1 aliphatic heterocycles. The lowest BCUT2D eigenvalue weighted by molar-refractivity contribution is -0.168. The molecule has 3 atom stereocenters. The van der Waals surface area contributed by atoms with E-state index in [0.29, 0.717) is 24.0 Å². The van der Waals surface area contributed by atoms with Gasteiger partial charge in [0.2, 0.25) is 0 Å². The van der Waals surface area contributed by atoms with Gasteiger partial charge in [0.25, 0.3) is 5.60 Å². The molecular formula is C22H21F3O2. The van der Waals surface area contributed by atoms with Gasteiger partial charge < -0.3 is 9.84 Å². The molecule has 2 aromatic carbocycles. The van der Waals surface area contributed by atoms with Gasteiger partial charge in [0.05, 0.1) is 0 Å². The molecule has 0 amide bonds. The highest BCUT2D eigenvalue weighted by molar-refractivity contribution is 5.45. The molecule has 1 unspecified atom stereocenters. The minimum atomic E-state index is -4.72. The summed E-state index contributed by atoms with van der Waals surface area (Å²) in [6, 6.07) is 16.8. The second kappa shape index (κ2) is 7.38. The van der Waals surface area contributed by atoms with Crippen LogP contribution in [0.5, 0.6) is 0 Å². The minimum Gasteiger partial charge on any atom is -0.385 e. The first kappa shape index (κ1) is 19.5. The number of aliphatic hydroxyl groups is 1. The van der Waals surface area contributed by atoms with Gasteiger partial charge in [-0.15, -0.1) is 0 Å². The van der Waals surface area contributed by atoms with Crippen LogP contribution in [0.2, 0.25) is 0 Å². The highest BCUT2D eigenvalue weighted by Crippen LogP contribution is 2.64. The number of hydrogen-bond donors (Lipinski definition) is 1. The highest BCUT2D eigenvalue weighted by atomic mass is 19.4. The number of halogens is 3. The number of benzene rings is 2. The average Bonchev–Trinajstić information content (AvgIpc) is 3.36. The summed E-state index contributed by atoms with van der Waals surface area (Å²) in [6.07, 6.45) is -4.89. The van der Waals surface area contributed by atoms with Crippen LogP contribution in [0.1, 0.15) is 43.4 Å². The van der Waals surface area contributed by atoms with Crippen LogP contribution in [0.3, 0.4) is 0 Å². The fourth-order valence-electron chi connectivity index (χ4n) is 3.39. The van der Waals surface area contributed by atoms with E-state index in [1.807, 2.05) is 6.92 Å². The predicted molar refractivity (Wildman–Crippen MR) is 96.8 cm³/mol. The van der Waals surface area contributed by atoms with Crippen LogP contribution in [0.4, 0.5) is 13.2 Å². The summed E-state index contributed by atoms with van der Waals surface area (Å²) in [5, 5.41) is 10.8. The smallest absolute Gasteiger partial charge is 0.385 e.